The number of oxime groups is 1. The Morgan fingerprint density at radius 3 is 2.55 bits per heavy atom. The summed E-state index contributed by atoms with van der Waals surface area (Å²) < 4.78 is 30.4. The van der Waals surface area contributed by atoms with Crippen LogP contribution in [0.1, 0.15) is 21.5 Å². The average Bonchev–Trinajstić information content (AvgIpc) is 2.76. The van der Waals surface area contributed by atoms with E-state index in [1.807, 2.05) is 28.1 Å². The molecule has 0 fully saturated rings. The van der Waals surface area contributed by atoms with Crippen molar-refractivity contribution in [1.29, 1.82) is 0 Å². The van der Waals surface area contributed by atoms with Gasteiger partial charge >= 0.3 is 0 Å². The number of hydroxylamine groups is 1. The number of aliphatic hydroxyl groups excluding tert-OH is 3. The van der Waals surface area contributed by atoms with Gasteiger partial charge in [0.1, 0.15) is 6.61 Å². The molecule has 2 rings (SSSR count). The molecule has 0 aliphatic carbocycles. The highest BCUT2D eigenvalue weighted by Gasteiger charge is 2.23. The number of anilines is 2. The van der Waals surface area contributed by atoms with Gasteiger partial charge in [0, 0.05) is 20.4 Å². The predicted molar refractivity (Wildman–Crippen MR) is 116 cm³/mol. The lowest BCUT2D eigenvalue weighted by atomic mass is 10.1. The second-order valence-corrected chi connectivity index (χ2v) is 7.14. The monoisotopic (exact) mass is 551 g/mol. The molecule has 0 radical (unpaired) electrons. The highest BCUT2D eigenvalue weighted by molar-refractivity contribution is 14.1. The van der Waals surface area contributed by atoms with Crippen LogP contribution in [0.15, 0.2) is 29.4 Å². The molecule has 0 atom stereocenters. The van der Waals surface area contributed by atoms with E-state index < -0.39 is 28.8 Å². The van der Waals surface area contributed by atoms with E-state index in [0.717, 1.165) is 15.9 Å². The number of carbonyl (C=O) groups is 1. The molecule has 168 valence electrons. The van der Waals surface area contributed by atoms with Gasteiger partial charge in [0.2, 0.25) is 0 Å². The van der Waals surface area contributed by atoms with Crippen LogP contribution in [0.2, 0.25) is 0 Å². The molecule has 0 unspecified atom stereocenters. The van der Waals surface area contributed by atoms with E-state index in [-0.39, 0.29) is 44.3 Å². The highest BCUT2D eigenvalue weighted by Crippen LogP contribution is 2.30. The normalized spacial score (nSPS) is 11.0. The van der Waals surface area contributed by atoms with Crippen molar-refractivity contribution in [2.75, 3.05) is 31.7 Å². The summed E-state index contributed by atoms with van der Waals surface area (Å²) in [4.78, 5) is 22.0. The molecule has 0 heterocycles. The summed E-state index contributed by atoms with van der Waals surface area (Å²) in [7, 11) is 0. The van der Waals surface area contributed by atoms with Gasteiger partial charge in [-0.25, -0.2) is 14.3 Å². The standard InChI is InChI=1S/C19H20F2IN3O6/c20-16-11(9-23-30-5-3-26)8-14(19(29)25-31-6-4-27)18(17(16)21)24-15-2-1-13(22)7-12(15)10-28/h1-2,7-9,24,26-28H,3-6,10H2,(H,25,29)/b23-9+. The Labute approximate surface area is 189 Å². The number of amides is 1. The molecule has 31 heavy (non-hydrogen) atoms. The van der Waals surface area contributed by atoms with Crippen LogP contribution in [0, 0.1) is 15.2 Å². The Morgan fingerprint density at radius 1 is 1.13 bits per heavy atom. The maximum absolute atomic E-state index is 14.9. The maximum atomic E-state index is 14.9. The van der Waals surface area contributed by atoms with Gasteiger partial charge in [-0.1, -0.05) is 5.16 Å². The lowest BCUT2D eigenvalue weighted by Gasteiger charge is -2.17. The van der Waals surface area contributed by atoms with Gasteiger partial charge in [-0.3, -0.25) is 9.63 Å². The summed E-state index contributed by atoms with van der Waals surface area (Å²) in [5, 5.41) is 33.1. The molecule has 2 aromatic carbocycles. The summed E-state index contributed by atoms with van der Waals surface area (Å²) in [5.41, 5.74) is 1.48. The van der Waals surface area contributed by atoms with Crippen LogP contribution in [0.3, 0.4) is 0 Å². The van der Waals surface area contributed by atoms with Gasteiger partial charge in [-0.2, -0.15) is 0 Å². The van der Waals surface area contributed by atoms with Crippen molar-refractivity contribution >= 4 is 46.1 Å². The van der Waals surface area contributed by atoms with Crippen LogP contribution in [0.5, 0.6) is 0 Å². The molecule has 1 amide bonds. The summed E-state index contributed by atoms with van der Waals surface area (Å²) in [5.74, 6) is -3.60. The van der Waals surface area contributed by atoms with Crippen LogP contribution in [0.4, 0.5) is 20.2 Å². The molecule has 0 aliphatic rings. The van der Waals surface area contributed by atoms with Gasteiger partial charge in [0.15, 0.2) is 11.6 Å². The number of carbonyl (C=O) groups excluding carboxylic acids is 1. The van der Waals surface area contributed by atoms with E-state index in [1.54, 1.807) is 18.2 Å². The number of nitrogens with one attached hydrogen (secondary N) is 2. The van der Waals surface area contributed by atoms with Crippen molar-refractivity contribution in [3.8, 4) is 0 Å². The Morgan fingerprint density at radius 2 is 1.87 bits per heavy atom. The van der Waals surface area contributed by atoms with E-state index in [1.165, 1.54) is 0 Å². The summed E-state index contributed by atoms with van der Waals surface area (Å²) in [6.07, 6.45) is 0.854. The summed E-state index contributed by atoms with van der Waals surface area (Å²) in [6.45, 7) is -1.44. The molecule has 0 spiro atoms. The zero-order chi connectivity index (χ0) is 22.8. The third-order valence-electron chi connectivity index (χ3n) is 3.78. The van der Waals surface area contributed by atoms with Crippen LogP contribution in [-0.4, -0.2) is 53.9 Å². The van der Waals surface area contributed by atoms with Gasteiger partial charge in [0.25, 0.3) is 5.91 Å². The van der Waals surface area contributed by atoms with Crippen LogP contribution in [-0.2, 0) is 16.3 Å². The van der Waals surface area contributed by atoms with Gasteiger partial charge < -0.3 is 25.5 Å². The maximum Gasteiger partial charge on any atom is 0.277 e. The molecule has 12 heteroatoms. The fourth-order valence-electron chi connectivity index (χ4n) is 2.40. The largest absolute Gasteiger partial charge is 0.394 e. The zero-order valence-corrected chi connectivity index (χ0v) is 18.2. The Balaban J connectivity index is 2.50. The van der Waals surface area contributed by atoms with Crippen molar-refractivity contribution in [2.24, 2.45) is 5.16 Å². The van der Waals surface area contributed by atoms with Crippen molar-refractivity contribution < 1.29 is 38.6 Å². The number of nitrogens with zero attached hydrogens (tertiary/aromatic N) is 1. The first kappa shape index (κ1) is 24.9. The lowest BCUT2D eigenvalue weighted by Crippen LogP contribution is -2.26. The molecule has 0 aliphatic heterocycles. The number of aliphatic hydroxyl groups is 3. The fourth-order valence-corrected chi connectivity index (χ4v) is 2.95. The second-order valence-electron chi connectivity index (χ2n) is 5.90. The van der Waals surface area contributed by atoms with Crippen LogP contribution in [0.25, 0.3) is 0 Å². The molecule has 2 aromatic rings. The smallest absolute Gasteiger partial charge is 0.277 e. The lowest BCUT2D eigenvalue weighted by molar-refractivity contribution is 0.0168. The molecular weight excluding hydrogens is 531 g/mol. The first-order chi connectivity index (χ1) is 14.9. The average molecular weight is 551 g/mol. The Kier molecular flexibility index (Phi) is 10.00. The van der Waals surface area contributed by atoms with Crippen molar-refractivity contribution in [1.82, 2.24) is 5.48 Å². The molecule has 0 aromatic heterocycles. The number of hydrogen-bond donors (Lipinski definition) is 5. The Hall–Kier alpha value is -2.39. The third kappa shape index (κ3) is 6.80. The number of halogens is 3. The topological polar surface area (TPSA) is 133 Å². The molecule has 5 N–H and O–H groups in total. The SMILES string of the molecule is O=C(NOCCO)c1cc(/C=N/OCCO)c(F)c(F)c1Nc1ccc(I)cc1CO. The summed E-state index contributed by atoms with van der Waals surface area (Å²) >= 11 is 2.03. The second kappa shape index (κ2) is 12.5. The fraction of sp³-hybridized carbons (Fsp3) is 0.263. The first-order valence-electron chi connectivity index (χ1n) is 8.90. The van der Waals surface area contributed by atoms with E-state index in [9.17, 15) is 18.7 Å². The minimum absolute atomic E-state index is 0.153. The quantitative estimate of drug-likeness (QED) is 0.125. The molecule has 9 nitrogen and oxygen atoms in total. The number of benzene rings is 2. The van der Waals surface area contributed by atoms with Crippen molar-refractivity contribution in [3.63, 3.8) is 0 Å². The van der Waals surface area contributed by atoms with E-state index >= 15 is 0 Å². The number of hydrogen-bond acceptors (Lipinski definition) is 8. The summed E-state index contributed by atoms with van der Waals surface area (Å²) in [6, 6.07) is 5.89. The van der Waals surface area contributed by atoms with E-state index in [0.29, 0.717) is 5.56 Å². The van der Waals surface area contributed by atoms with E-state index in [4.69, 9.17) is 15.1 Å². The van der Waals surface area contributed by atoms with E-state index in [2.05, 4.69) is 15.3 Å². The molecule has 0 saturated carbocycles. The van der Waals surface area contributed by atoms with Crippen LogP contribution < -0.4 is 10.8 Å². The van der Waals surface area contributed by atoms with Gasteiger partial charge in [-0.05, 0) is 46.9 Å². The van der Waals surface area contributed by atoms with Crippen LogP contribution >= 0.6 is 22.6 Å². The first-order valence-corrected chi connectivity index (χ1v) is 9.98. The molecule has 0 bridgehead atoms. The number of rotatable bonds is 11. The highest BCUT2D eigenvalue weighted by atomic mass is 127. The third-order valence-corrected chi connectivity index (χ3v) is 4.45. The Bertz CT molecular complexity index is 945. The van der Waals surface area contributed by atoms with Crippen molar-refractivity contribution in [2.45, 2.75) is 6.61 Å². The molecule has 0 saturated heterocycles. The van der Waals surface area contributed by atoms with Crippen molar-refractivity contribution in [3.05, 3.63) is 56.2 Å². The molecular formula is C19H20F2IN3O6. The zero-order valence-electron chi connectivity index (χ0n) is 16.1. The minimum atomic E-state index is -1.37. The van der Waals surface area contributed by atoms with Gasteiger partial charge in [0.05, 0.1) is 43.9 Å². The van der Waals surface area contributed by atoms with Gasteiger partial charge in [-0.15, -0.1) is 0 Å². The minimum Gasteiger partial charge on any atom is -0.394 e. The predicted octanol–water partition coefficient (Wildman–Crippen LogP) is 1.80.